The zero-order chi connectivity index (χ0) is 94.3. The Morgan fingerprint density at radius 2 is 0.449 bits per heavy atom. The van der Waals surface area contributed by atoms with Crippen LogP contribution in [0.2, 0.25) is 0 Å². The van der Waals surface area contributed by atoms with Gasteiger partial charge in [-0.25, -0.2) is 0 Å². The predicted octanol–water partition coefficient (Wildman–Crippen LogP) is 17.9. The van der Waals surface area contributed by atoms with Crippen molar-refractivity contribution in [2.24, 2.45) is 0 Å². The Bertz CT molecular complexity index is 6340. The molecule has 12 aliphatic heterocycles. The molecule has 16 heterocycles. The Balaban J connectivity index is 0.000000110. The van der Waals surface area contributed by atoms with Crippen molar-refractivity contribution in [2.45, 2.75) is 210 Å². The summed E-state index contributed by atoms with van der Waals surface area (Å²) in [5.74, 6) is 1.30. The van der Waals surface area contributed by atoms with Crippen molar-refractivity contribution in [2.75, 3.05) is 69.2 Å². The minimum absolute atomic E-state index is 0.0571. The van der Waals surface area contributed by atoms with Crippen LogP contribution in [0.3, 0.4) is 0 Å². The van der Waals surface area contributed by atoms with E-state index < -0.39 is 44.7 Å². The van der Waals surface area contributed by atoms with Crippen LogP contribution >= 0.6 is 47.0 Å². The number of amides is 4. The summed E-state index contributed by atoms with van der Waals surface area (Å²) in [5.41, 5.74) is 12.5. The van der Waals surface area contributed by atoms with Crippen molar-refractivity contribution in [3.63, 3.8) is 0 Å². The normalized spacial score (nSPS) is 22.0. The van der Waals surface area contributed by atoms with Gasteiger partial charge in [-0.3, -0.25) is 77.1 Å². The van der Waals surface area contributed by atoms with Gasteiger partial charge in [-0.1, -0.05) is 146 Å². The topological polar surface area (TPSA) is 263 Å². The third-order valence-corrected chi connectivity index (χ3v) is 33.3. The maximum Gasteiger partial charge on any atom is 0.278 e. The average Bonchev–Trinajstić information content (AvgIpc) is 0.792. The van der Waals surface area contributed by atoms with Crippen LogP contribution in [0.25, 0.3) is 0 Å². The van der Waals surface area contributed by atoms with Crippen molar-refractivity contribution < 1.29 is 39.6 Å². The van der Waals surface area contributed by atoms with E-state index in [1.807, 2.05) is 66.6 Å². The largest absolute Gasteiger partial charge is 0.502 e. The Morgan fingerprint density at radius 1 is 0.232 bits per heavy atom. The second kappa shape index (κ2) is 40.0. The van der Waals surface area contributed by atoms with Crippen LogP contribution in [0.4, 0.5) is 0 Å². The summed E-state index contributed by atoms with van der Waals surface area (Å²) >= 11 is 7.52. The first-order chi connectivity index (χ1) is 67.5. The van der Waals surface area contributed by atoms with Gasteiger partial charge in [0.25, 0.3) is 23.6 Å². The van der Waals surface area contributed by atoms with Crippen molar-refractivity contribution in [1.29, 1.82) is 0 Å². The van der Waals surface area contributed by atoms with E-state index in [0.29, 0.717) is 26.2 Å². The molecule has 12 aliphatic rings. The number of thioether (sulfide) groups is 4. The molecule has 16 bridgehead atoms. The number of nitrogens with zero attached hydrogens (tertiary/aromatic N) is 12. The quantitative estimate of drug-likeness (QED) is 0.128. The number of aromatic nitrogens is 4. The molecule has 4 aromatic heterocycles. The molecule has 12 aromatic rings. The van der Waals surface area contributed by atoms with Crippen LogP contribution in [0, 0.1) is 0 Å². The fraction of sp³-hybridized carbons (Fsp3) is 0.345. The summed E-state index contributed by atoms with van der Waals surface area (Å²) in [4.78, 5) is 116. The van der Waals surface area contributed by atoms with E-state index in [4.69, 9.17) is 0 Å². The van der Waals surface area contributed by atoms with Crippen LogP contribution in [0.5, 0.6) is 23.0 Å². The summed E-state index contributed by atoms with van der Waals surface area (Å²) in [7, 11) is 0. The molecule has 4 amide bonds. The summed E-state index contributed by atoms with van der Waals surface area (Å²) < 4.78 is 6.97. The molecule has 0 spiro atoms. The zero-order valence-corrected chi connectivity index (χ0v) is 80.2. The first-order valence-electron chi connectivity index (χ1n) is 48.9. The second-order valence-corrected chi connectivity index (χ2v) is 42.4. The van der Waals surface area contributed by atoms with Gasteiger partial charge in [0.05, 0.1) is 24.2 Å². The first kappa shape index (κ1) is 91.6. The molecule has 28 heteroatoms. The third kappa shape index (κ3) is 17.8. The fourth-order valence-electron chi connectivity index (χ4n) is 22.6. The van der Waals surface area contributed by atoms with E-state index in [2.05, 4.69) is 214 Å². The number of aryl methyl sites for hydroxylation is 4. The number of benzene rings is 8. The maximum absolute atomic E-state index is 13.5. The number of rotatable bonds is 4. The van der Waals surface area contributed by atoms with E-state index in [9.17, 15) is 58.8 Å². The number of piperidine rings is 4. The number of hydrogen-bond acceptors (Lipinski definition) is 20. The van der Waals surface area contributed by atoms with Gasteiger partial charge < -0.3 is 40.0 Å². The van der Waals surface area contributed by atoms with Gasteiger partial charge in [-0.2, -0.15) is 0 Å². The fourth-order valence-corrected chi connectivity index (χ4v) is 26.4. The number of fused-ring (bicyclic) bond motifs is 24. The van der Waals surface area contributed by atoms with Crippen LogP contribution in [0.15, 0.2) is 282 Å². The zero-order valence-electron chi connectivity index (χ0n) is 77.0. The average molecular weight is 1920 g/mol. The summed E-state index contributed by atoms with van der Waals surface area (Å²) in [6.45, 7) is 2.46. The van der Waals surface area contributed by atoms with E-state index >= 15 is 0 Å². The Morgan fingerprint density at radius 3 is 0.696 bits per heavy atom. The lowest BCUT2D eigenvalue weighted by Crippen LogP contribution is -2.63. The maximum atomic E-state index is 13.5. The van der Waals surface area contributed by atoms with Crippen molar-refractivity contribution >= 4 is 70.7 Å². The Hall–Kier alpha value is -12.8. The van der Waals surface area contributed by atoms with Gasteiger partial charge in [-0.15, -0.1) is 47.0 Å². The Kier molecular flexibility index (Phi) is 26.6. The summed E-state index contributed by atoms with van der Waals surface area (Å²) in [6, 6.07) is 74.3. The molecule has 8 aromatic carbocycles. The molecular formula is C110H112N12O12S4. The molecule has 708 valence electrons. The summed E-state index contributed by atoms with van der Waals surface area (Å²) in [5, 5.41) is 51.7. The lowest BCUT2D eigenvalue weighted by molar-refractivity contribution is 0.0456. The van der Waals surface area contributed by atoms with Crippen molar-refractivity contribution in [1.82, 2.24) is 38.3 Å². The minimum Gasteiger partial charge on any atom is -0.502 e. The molecule has 0 saturated carbocycles. The van der Waals surface area contributed by atoms with Crippen LogP contribution in [-0.4, -0.2) is 156 Å². The van der Waals surface area contributed by atoms with E-state index in [-0.39, 0.29) is 95.2 Å². The molecule has 24 rings (SSSR count). The molecule has 0 radical (unpaired) electrons. The highest BCUT2D eigenvalue weighted by Gasteiger charge is 2.50. The van der Waals surface area contributed by atoms with Crippen LogP contribution < -0.4 is 41.8 Å². The molecule has 4 N–H and O–H groups in total. The SMILES string of the molecule is O=C1c2c(O)c(=O)ccn2N(C2c3cccc(c3)CCCCSc3cccc2c3)C2CCCCN12.O=C1c2c(O)c(=O)ccn2N(C2c3cccc(c3)CCCSc3cccc2c3)C2CCCCN12.O=C1c2c(O)c(=O)ccn2N([C@H]2c3cccc(c3)CCCCSc3cccc2c3)[C@@H]2CCCCN12.O=C1c2c(O)c(=O)ccn2N([C@H]2c3cccc(c3)CCCSc3cccc2c3)[C@@H]2CCCCN12. The van der Waals surface area contributed by atoms with Gasteiger partial charge in [-0.05, 0) is 280 Å². The van der Waals surface area contributed by atoms with E-state index in [0.717, 1.165) is 196 Å². The molecule has 4 unspecified atom stereocenters. The van der Waals surface area contributed by atoms with Crippen LogP contribution in [0.1, 0.15) is 248 Å². The first-order valence-corrected chi connectivity index (χ1v) is 52.8. The van der Waals surface area contributed by atoms with Gasteiger partial charge in [0, 0.05) is 94.8 Å². The number of carbonyl (C=O) groups excluding carboxylic acids is 4. The standard InChI is InChI=1S/2C28H29N3O3S.2C27H27N3O3S/c2*32-23-13-15-30-26(27(23)33)28(34)29-14-3-1-12-24(29)31(30)25-20-9-5-8-19(17-20)7-2-4-16-35-22-11-6-10-21(25)18-22;2*31-22-12-14-29-25(26(22)32)27(33)28-13-2-1-11-23(28)30(29)24-19-8-3-6-18(16-19)7-5-15-34-21-10-4-9-20(24)17-21/h2*5-6,8-11,13,15,17-18,24-25,33H,1-4,7,12,14,16H2;2*3-4,6,8-10,12,14,16-17,23-24,32H,1-2,5,7,11,13,15H2/t24-,25+;;23-,24+;/m1.1./s1. The molecule has 4 saturated heterocycles. The number of pyridine rings is 4. The lowest BCUT2D eigenvalue weighted by atomic mass is 9.93. The molecule has 8 atom stereocenters. The van der Waals surface area contributed by atoms with Crippen molar-refractivity contribution in [3.05, 3.63) is 374 Å². The highest BCUT2D eigenvalue weighted by Crippen LogP contribution is 2.47. The molecule has 4 fully saturated rings. The van der Waals surface area contributed by atoms with Gasteiger partial charge >= 0.3 is 0 Å². The van der Waals surface area contributed by atoms with Crippen molar-refractivity contribution in [3.8, 4) is 23.0 Å². The smallest absolute Gasteiger partial charge is 0.278 e. The predicted molar refractivity (Wildman–Crippen MR) is 541 cm³/mol. The molecule has 24 nitrogen and oxygen atoms in total. The third-order valence-electron chi connectivity index (χ3n) is 29.0. The molecule has 138 heavy (non-hydrogen) atoms. The minimum atomic E-state index is -0.530. The van der Waals surface area contributed by atoms with E-state index in [1.165, 1.54) is 78.9 Å². The molecule has 0 aliphatic carbocycles. The Labute approximate surface area is 818 Å². The van der Waals surface area contributed by atoms with Crippen LogP contribution in [-0.2, 0) is 25.7 Å². The lowest BCUT2D eigenvalue weighted by Gasteiger charge is -2.51. The number of aromatic hydroxyl groups is 4. The highest BCUT2D eigenvalue weighted by molar-refractivity contribution is 8.00. The number of hydrogen-bond donors (Lipinski definition) is 4. The van der Waals surface area contributed by atoms with Gasteiger partial charge in [0.2, 0.25) is 21.7 Å². The van der Waals surface area contributed by atoms with Gasteiger partial charge in [0.15, 0.2) is 45.8 Å². The second-order valence-electron chi connectivity index (χ2n) is 37.7. The van der Waals surface area contributed by atoms with E-state index in [1.54, 1.807) is 43.5 Å². The highest BCUT2D eigenvalue weighted by atomic mass is 32.2. The monoisotopic (exact) mass is 1920 g/mol. The molecular weight excluding hydrogens is 1810 g/mol. The van der Waals surface area contributed by atoms with Gasteiger partial charge in [0.1, 0.15) is 24.7 Å². The summed E-state index contributed by atoms with van der Waals surface area (Å²) in [6.07, 6.45) is 28.0. The number of carbonyl (C=O) groups is 4.